The smallest absolute Gasteiger partial charge is 0.195 e. The van der Waals surface area contributed by atoms with Crippen LogP contribution < -0.4 is 4.31 Å². The third kappa shape index (κ3) is 2.27. The third-order valence-corrected chi connectivity index (χ3v) is 3.08. The first-order valence-electron chi connectivity index (χ1n) is 4.26. The summed E-state index contributed by atoms with van der Waals surface area (Å²) >= 11 is 5.97. The lowest BCUT2D eigenvalue weighted by Gasteiger charge is -2.13. The van der Waals surface area contributed by atoms with Crippen molar-refractivity contribution in [3.63, 3.8) is 0 Å². The molecule has 0 aliphatic heterocycles. The minimum absolute atomic E-state index is 0.775. The van der Waals surface area contributed by atoms with Crippen molar-refractivity contribution in [1.29, 1.82) is 0 Å². The highest BCUT2D eigenvalue weighted by Crippen LogP contribution is 2.21. The van der Waals surface area contributed by atoms with Gasteiger partial charge in [0.05, 0.1) is 6.54 Å². The summed E-state index contributed by atoms with van der Waals surface area (Å²) in [7, 11) is 0. The maximum absolute atomic E-state index is 4.38. The van der Waals surface area contributed by atoms with E-state index in [1.54, 1.807) is 17.5 Å². The third-order valence-electron chi connectivity index (χ3n) is 1.82. The van der Waals surface area contributed by atoms with Crippen LogP contribution in [0, 0.1) is 0 Å². The summed E-state index contributed by atoms with van der Waals surface area (Å²) in [5, 5.41) is 2.88. The quantitative estimate of drug-likeness (QED) is 0.804. The largest absolute Gasteiger partial charge is 0.290 e. The van der Waals surface area contributed by atoms with E-state index in [0.717, 1.165) is 11.7 Å². The molecule has 0 aliphatic rings. The molecular formula is C10H10N2S2. The summed E-state index contributed by atoms with van der Waals surface area (Å²) < 4.78 is 1.85. The van der Waals surface area contributed by atoms with Gasteiger partial charge >= 0.3 is 0 Å². The van der Waals surface area contributed by atoms with E-state index >= 15 is 0 Å². The Morgan fingerprint density at radius 2 is 2.07 bits per heavy atom. The van der Waals surface area contributed by atoms with Crippen molar-refractivity contribution in [2.75, 3.05) is 4.31 Å². The van der Waals surface area contributed by atoms with Crippen molar-refractivity contribution >= 4 is 29.3 Å². The van der Waals surface area contributed by atoms with Crippen LogP contribution in [-0.2, 0) is 6.54 Å². The molecule has 0 radical (unpaired) electrons. The second-order valence-corrected chi connectivity index (χ2v) is 4.21. The first-order valence-corrected chi connectivity index (χ1v) is 5.54. The van der Waals surface area contributed by atoms with Crippen LogP contribution >= 0.6 is 24.2 Å². The van der Waals surface area contributed by atoms with Crippen molar-refractivity contribution < 1.29 is 0 Å². The van der Waals surface area contributed by atoms with Crippen LogP contribution in [0.4, 0.5) is 5.13 Å². The van der Waals surface area contributed by atoms with E-state index in [1.807, 2.05) is 27.9 Å². The maximum Gasteiger partial charge on any atom is 0.195 e. The second kappa shape index (κ2) is 4.48. The van der Waals surface area contributed by atoms with Gasteiger partial charge in [-0.3, -0.25) is 4.31 Å². The standard InChI is InChI=1S/C10H10N2S2/c13-12(10-11-6-7-14-10)8-9-4-2-1-3-5-9/h1-7,13H,8H2. The lowest BCUT2D eigenvalue weighted by atomic mass is 10.2. The van der Waals surface area contributed by atoms with Gasteiger partial charge in [-0.2, -0.15) is 0 Å². The average Bonchev–Trinajstić information content (AvgIpc) is 2.72. The molecule has 14 heavy (non-hydrogen) atoms. The first kappa shape index (κ1) is 9.55. The van der Waals surface area contributed by atoms with Crippen LogP contribution in [0.3, 0.4) is 0 Å². The van der Waals surface area contributed by atoms with E-state index in [0.29, 0.717) is 0 Å². The van der Waals surface area contributed by atoms with Gasteiger partial charge in [-0.05, 0) is 5.56 Å². The number of rotatable bonds is 3. The number of hydrogen-bond acceptors (Lipinski definition) is 4. The molecule has 4 heteroatoms. The normalized spacial score (nSPS) is 10.1. The van der Waals surface area contributed by atoms with Crippen molar-refractivity contribution in [1.82, 2.24) is 4.98 Å². The van der Waals surface area contributed by atoms with Crippen LogP contribution in [0.2, 0.25) is 0 Å². The number of hydrogen-bond donors (Lipinski definition) is 1. The fourth-order valence-electron chi connectivity index (χ4n) is 1.17. The predicted molar refractivity (Wildman–Crippen MR) is 63.7 cm³/mol. The number of aromatic nitrogens is 1. The van der Waals surface area contributed by atoms with Crippen LogP contribution in [0.5, 0.6) is 0 Å². The molecule has 0 fully saturated rings. The highest BCUT2D eigenvalue weighted by molar-refractivity contribution is 7.82. The maximum atomic E-state index is 4.38. The fraction of sp³-hybridized carbons (Fsp3) is 0.100. The van der Waals surface area contributed by atoms with E-state index in [4.69, 9.17) is 0 Å². The van der Waals surface area contributed by atoms with Gasteiger partial charge in [-0.15, -0.1) is 11.3 Å². The average molecular weight is 222 g/mol. The molecular weight excluding hydrogens is 212 g/mol. The molecule has 0 bridgehead atoms. The monoisotopic (exact) mass is 222 g/mol. The lowest BCUT2D eigenvalue weighted by molar-refractivity contribution is 1.05. The number of thiol groups is 1. The van der Waals surface area contributed by atoms with E-state index in [1.165, 1.54) is 5.56 Å². The van der Waals surface area contributed by atoms with Gasteiger partial charge in [0.2, 0.25) is 0 Å². The van der Waals surface area contributed by atoms with Crippen LogP contribution in [-0.4, -0.2) is 4.98 Å². The van der Waals surface area contributed by atoms with Gasteiger partial charge < -0.3 is 0 Å². The zero-order valence-corrected chi connectivity index (χ0v) is 9.21. The summed E-state index contributed by atoms with van der Waals surface area (Å²) in [4.78, 5) is 4.18. The summed E-state index contributed by atoms with van der Waals surface area (Å²) in [5.41, 5.74) is 1.23. The highest BCUT2D eigenvalue weighted by atomic mass is 32.1. The van der Waals surface area contributed by atoms with Gasteiger partial charge in [0.25, 0.3) is 0 Å². The Balaban J connectivity index is 2.06. The number of nitrogens with zero attached hydrogens (tertiary/aromatic N) is 2. The van der Waals surface area contributed by atoms with Crippen molar-refractivity contribution in [3.8, 4) is 0 Å². The molecule has 0 spiro atoms. The van der Waals surface area contributed by atoms with E-state index in [9.17, 15) is 0 Å². The van der Waals surface area contributed by atoms with Gasteiger partial charge in [0.1, 0.15) is 0 Å². The zero-order chi connectivity index (χ0) is 9.80. The Hall–Kier alpha value is -1.000. The van der Waals surface area contributed by atoms with E-state index in [2.05, 4.69) is 29.9 Å². The lowest BCUT2D eigenvalue weighted by Crippen LogP contribution is -2.08. The number of thiazole rings is 1. The molecule has 0 aliphatic carbocycles. The predicted octanol–water partition coefficient (Wildman–Crippen LogP) is 2.99. The SMILES string of the molecule is SN(Cc1ccccc1)c1nccs1. The Kier molecular flexibility index (Phi) is 3.06. The van der Waals surface area contributed by atoms with Crippen molar-refractivity contribution in [2.24, 2.45) is 0 Å². The molecule has 72 valence electrons. The van der Waals surface area contributed by atoms with Gasteiger partial charge in [0, 0.05) is 11.6 Å². The molecule has 0 unspecified atom stereocenters. The first-order chi connectivity index (χ1) is 6.86. The van der Waals surface area contributed by atoms with Gasteiger partial charge in [0.15, 0.2) is 5.13 Å². The Morgan fingerprint density at radius 1 is 1.29 bits per heavy atom. The second-order valence-electron chi connectivity index (χ2n) is 2.86. The number of anilines is 1. The fourth-order valence-corrected chi connectivity index (χ4v) is 2.08. The molecule has 2 aromatic rings. The zero-order valence-electron chi connectivity index (χ0n) is 7.50. The summed E-state index contributed by atoms with van der Waals surface area (Å²) in [6.45, 7) is 0.775. The summed E-state index contributed by atoms with van der Waals surface area (Å²) in [5.74, 6) is 0. The van der Waals surface area contributed by atoms with Crippen LogP contribution in [0.1, 0.15) is 5.56 Å². The Morgan fingerprint density at radius 3 is 2.71 bits per heavy atom. The van der Waals surface area contributed by atoms with Crippen LogP contribution in [0.25, 0.3) is 0 Å². The topological polar surface area (TPSA) is 16.1 Å². The molecule has 0 amide bonds. The molecule has 1 heterocycles. The minimum atomic E-state index is 0.775. The molecule has 1 aromatic heterocycles. The molecule has 0 N–H and O–H groups in total. The minimum Gasteiger partial charge on any atom is -0.290 e. The molecule has 0 atom stereocenters. The van der Waals surface area contributed by atoms with Crippen LogP contribution in [0.15, 0.2) is 41.9 Å². The number of benzene rings is 1. The van der Waals surface area contributed by atoms with E-state index in [-0.39, 0.29) is 0 Å². The van der Waals surface area contributed by atoms with Crippen molar-refractivity contribution in [2.45, 2.75) is 6.54 Å². The molecule has 2 nitrogen and oxygen atoms in total. The Bertz CT molecular complexity index is 372. The Labute approximate surface area is 92.8 Å². The molecule has 0 saturated carbocycles. The summed E-state index contributed by atoms with van der Waals surface area (Å²) in [6, 6.07) is 10.2. The molecule has 2 rings (SSSR count). The molecule has 0 saturated heterocycles. The van der Waals surface area contributed by atoms with E-state index < -0.39 is 0 Å². The van der Waals surface area contributed by atoms with Gasteiger partial charge in [-0.25, -0.2) is 4.98 Å². The summed E-state index contributed by atoms with van der Waals surface area (Å²) in [6.07, 6.45) is 1.79. The molecule has 1 aromatic carbocycles. The highest BCUT2D eigenvalue weighted by Gasteiger charge is 2.04. The van der Waals surface area contributed by atoms with Crippen molar-refractivity contribution in [3.05, 3.63) is 47.5 Å². The van der Waals surface area contributed by atoms with Gasteiger partial charge in [-0.1, -0.05) is 43.1 Å².